The predicted octanol–water partition coefficient (Wildman–Crippen LogP) is 5.34. The van der Waals surface area contributed by atoms with E-state index in [2.05, 4.69) is 10.6 Å². The summed E-state index contributed by atoms with van der Waals surface area (Å²) in [4.78, 5) is 24.4. The predicted molar refractivity (Wildman–Crippen MR) is 126 cm³/mol. The number of alkyl carbamates (subject to hydrolysis) is 1. The molecule has 3 aliphatic rings. The molecule has 3 saturated carbocycles. The maximum absolute atomic E-state index is 12.4. The number of hydrogen-bond donors (Lipinski definition) is 2. The van der Waals surface area contributed by atoms with Crippen LogP contribution in [0.3, 0.4) is 0 Å². The average Bonchev–Trinajstić information content (AvgIpc) is 3.26. The molecule has 0 aromatic heterocycles. The fourth-order valence-electron chi connectivity index (χ4n) is 5.94. The maximum Gasteiger partial charge on any atom is 0.407 e. The van der Waals surface area contributed by atoms with Crippen LogP contribution in [0.25, 0.3) is 0 Å². The second-order valence-electron chi connectivity index (χ2n) is 11.4. The van der Waals surface area contributed by atoms with Crippen molar-refractivity contribution < 1.29 is 19.1 Å². The molecule has 3 aliphatic carbocycles. The van der Waals surface area contributed by atoms with Crippen LogP contribution >= 0.6 is 0 Å². The smallest absolute Gasteiger partial charge is 0.407 e. The second kappa shape index (κ2) is 12.2. The SMILES string of the molecule is CC(C)(C)OC(=O)NCC1CCC([C@H](NCC(=O)OC2CCCC2)C2CCCCC2)CC1. The van der Waals surface area contributed by atoms with E-state index in [9.17, 15) is 9.59 Å². The van der Waals surface area contributed by atoms with E-state index in [0.29, 0.717) is 36.9 Å². The average molecular weight is 451 g/mol. The van der Waals surface area contributed by atoms with Crippen LogP contribution in [-0.2, 0) is 14.3 Å². The lowest BCUT2D eigenvalue weighted by molar-refractivity contribution is -0.147. The first-order chi connectivity index (χ1) is 15.3. The molecular formula is C26H46N2O4. The lowest BCUT2D eigenvalue weighted by Gasteiger charge is -2.40. The second-order valence-corrected chi connectivity index (χ2v) is 11.4. The molecule has 0 aromatic rings. The quantitative estimate of drug-likeness (QED) is 0.488. The van der Waals surface area contributed by atoms with Gasteiger partial charge in [0.2, 0.25) is 0 Å². The van der Waals surface area contributed by atoms with Crippen LogP contribution in [0.1, 0.15) is 104 Å². The van der Waals surface area contributed by atoms with Crippen molar-refractivity contribution in [2.24, 2.45) is 17.8 Å². The van der Waals surface area contributed by atoms with Crippen molar-refractivity contribution in [3.05, 3.63) is 0 Å². The van der Waals surface area contributed by atoms with E-state index in [0.717, 1.165) is 38.5 Å². The Balaban J connectivity index is 1.45. The first-order valence-corrected chi connectivity index (χ1v) is 13.2. The number of carbonyl (C=O) groups is 2. The molecule has 0 spiro atoms. The molecule has 6 nitrogen and oxygen atoms in total. The van der Waals surface area contributed by atoms with Gasteiger partial charge in [-0.05, 0) is 103 Å². The Morgan fingerprint density at radius 2 is 1.44 bits per heavy atom. The molecule has 0 radical (unpaired) electrons. The van der Waals surface area contributed by atoms with Crippen molar-refractivity contribution in [1.82, 2.24) is 10.6 Å². The standard InChI is InChI=1S/C26H46N2O4/c1-26(2,3)32-25(30)28-17-19-13-15-21(16-14-19)24(20-9-5-4-6-10-20)27-18-23(29)31-22-11-7-8-12-22/h19-22,24,27H,4-18H2,1-3H3,(H,28,30)/t19?,21?,24-/m1/s1. The lowest BCUT2D eigenvalue weighted by Crippen LogP contribution is -2.47. The maximum atomic E-state index is 12.4. The first-order valence-electron chi connectivity index (χ1n) is 13.2. The molecule has 0 aliphatic heterocycles. The van der Waals surface area contributed by atoms with Gasteiger partial charge < -0.3 is 20.1 Å². The van der Waals surface area contributed by atoms with Crippen LogP contribution in [0.2, 0.25) is 0 Å². The van der Waals surface area contributed by atoms with Gasteiger partial charge in [-0.15, -0.1) is 0 Å². The number of carbonyl (C=O) groups excluding carboxylic acids is 2. The van der Waals surface area contributed by atoms with Gasteiger partial charge in [0.15, 0.2) is 0 Å². The zero-order chi connectivity index (χ0) is 23.0. The molecule has 6 heteroatoms. The number of amides is 1. The van der Waals surface area contributed by atoms with Crippen LogP contribution in [0.4, 0.5) is 4.79 Å². The van der Waals surface area contributed by atoms with Gasteiger partial charge in [0.25, 0.3) is 0 Å². The molecule has 0 heterocycles. The van der Waals surface area contributed by atoms with Gasteiger partial charge in [0.05, 0.1) is 6.54 Å². The summed E-state index contributed by atoms with van der Waals surface area (Å²) >= 11 is 0. The summed E-state index contributed by atoms with van der Waals surface area (Å²) in [6.45, 7) is 6.70. The molecule has 0 aromatic carbocycles. The molecule has 32 heavy (non-hydrogen) atoms. The summed E-state index contributed by atoms with van der Waals surface area (Å²) in [5.74, 6) is 1.71. The molecule has 3 fully saturated rings. The summed E-state index contributed by atoms with van der Waals surface area (Å²) in [6.07, 6.45) is 15.3. The molecule has 1 amide bonds. The Labute approximate surface area is 194 Å². The van der Waals surface area contributed by atoms with Crippen LogP contribution in [-0.4, -0.2) is 42.9 Å². The van der Waals surface area contributed by atoms with Crippen molar-refractivity contribution >= 4 is 12.1 Å². The number of esters is 1. The van der Waals surface area contributed by atoms with Gasteiger partial charge >= 0.3 is 12.1 Å². The van der Waals surface area contributed by atoms with E-state index in [1.807, 2.05) is 20.8 Å². The van der Waals surface area contributed by atoms with Crippen molar-refractivity contribution in [3.63, 3.8) is 0 Å². The van der Waals surface area contributed by atoms with Crippen molar-refractivity contribution in [1.29, 1.82) is 0 Å². The van der Waals surface area contributed by atoms with Crippen molar-refractivity contribution in [2.45, 2.75) is 122 Å². The van der Waals surface area contributed by atoms with Crippen molar-refractivity contribution in [3.8, 4) is 0 Å². The molecule has 0 saturated heterocycles. The molecule has 3 rings (SSSR count). The van der Waals surface area contributed by atoms with E-state index >= 15 is 0 Å². The largest absolute Gasteiger partial charge is 0.461 e. The third-order valence-electron chi connectivity index (χ3n) is 7.57. The normalized spacial score (nSPS) is 26.5. The lowest BCUT2D eigenvalue weighted by atomic mass is 9.71. The first kappa shape index (κ1) is 25.3. The van der Waals surface area contributed by atoms with Gasteiger partial charge in [-0.3, -0.25) is 4.79 Å². The number of nitrogens with one attached hydrogen (secondary N) is 2. The summed E-state index contributed by atoms with van der Waals surface area (Å²) in [7, 11) is 0. The molecule has 0 unspecified atom stereocenters. The summed E-state index contributed by atoms with van der Waals surface area (Å²) in [5.41, 5.74) is -0.459. The van der Waals surface area contributed by atoms with E-state index in [1.54, 1.807) is 0 Å². The van der Waals surface area contributed by atoms with Crippen LogP contribution in [0, 0.1) is 17.8 Å². The van der Waals surface area contributed by atoms with Gasteiger partial charge in [-0.2, -0.15) is 0 Å². The zero-order valence-electron chi connectivity index (χ0n) is 20.6. The Hall–Kier alpha value is -1.30. The molecule has 2 N–H and O–H groups in total. The summed E-state index contributed by atoms with van der Waals surface area (Å²) in [5, 5.41) is 6.61. The topological polar surface area (TPSA) is 76.7 Å². The molecule has 184 valence electrons. The molecular weight excluding hydrogens is 404 g/mol. The highest BCUT2D eigenvalue weighted by Crippen LogP contribution is 2.37. The number of hydrogen-bond acceptors (Lipinski definition) is 5. The minimum atomic E-state index is -0.459. The Bertz CT molecular complexity index is 583. The highest BCUT2D eigenvalue weighted by Gasteiger charge is 2.34. The fraction of sp³-hybridized carbons (Fsp3) is 0.923. The minimum absolute atomic E-state index is 0.0760. The number of rotatable bonds is 8. The Morgan fingerprint density at radius 1 is 0.844 bits per heavy atom. The minimum Gasteiger partial charge on any atom is -0.461 e. The van der Waals surface area contributed by atoms with Gasteiger partial charge in [-0.1, -0.05) is 19.3 Å². The summed E-state index contributed by atoms with van der Waals surface area (Å²) < 4.78 is 11.1. The Kier molecular flexibility index (Phi) is 9.69. The zero-order valence-corrected chi connectivity index (χ0v) is 20.6. The highest BCUT2D eigenvalue weighted by molar-refractivity contribution is 5.71. The van der Waals surface area contributed by atoms with Crippen LogP contribution in [0.5, 0.6) is 0 Å². The molecule has 0 bridgehead atoms. The van der Waals surface area contributed by atoms with Gasteiger partial charge in [0, 0.05) is 12.6 Å². The highest BCUT2D eigenvalue weighted by atomic mass is 16.6. The van der Waals surface area contributed by atoms with Crippen LogP contribution < -0.4 is 10.6 Å². The van der Waals surface area contributed by atoms with Gasteiger partial charge in [0.1, 0.15) is 11.7 Å². The third-order valence-corrected chi connectivity index (χ3v) is 7.57. The van der Waals surface area contributed by atoms with Gasteiger partial charge in [-0.25, -0.2) is 4.79 Å². The number of ether oxygens (including phenoxy) is 2. The van der Waals surface area contributed by atoms with Crippen LogP contribution in [0.15, 0.2) is 0 Å². The fourth-order valence-corrected chi connectivity index (χ4v) is 5.94. The van der Waals surface area contributed by atoms with E-state index in [1.165, 1.54) is 44.9 Å². The van der Waals surface area contributed by atoms with Crippen molar-refractivity contribution in [2.75, 3.05) is 13.1 Å². The molecule has 1 atom stereocenters. The third kappa shape index (κ3) is 8.57. The van der Waals surface area contributed by atoms with E-state index in [-0.39, 0.29) is 18.2 Å². The van der Waals surface area contributed by atoms with E-state index < -0.39 is 5.60 Å². The monoisotopic (exact) mass is 450 g/mol. The summed E-state index contributed by atoms with van der Waals surface area (Å²) in [6, 6.07) is 0.409. The Morgan fingerprint density at radius 3 is 2.06 bits per heavy atom. The van der Waals surface area contributed by atoms with E-state index in [4.69, 9.17) is 9.47 Å².